The molecule has 6 nitrogen and oxygen atoms in total. The minimum Gasteiger partial charge on any atom is -0.394 e. The van der Waals surface area contributed by atoms with Gasteiger partial charge in [0.25, 0.3) is 5.91 Å². The molecule has 0 aliphatic heterocycles. The van der Waals surface area contributed by atoms with Gasteiger partial charge in [-0.1, -0.05) is 11.4 Å². The fourth-order valence-corrected chi connectivity index (χ4v) is 1.76. The molecule has 0 aromatic carbocycles. The summed E-state index contributed by atoms with van der Waals surface area (Å²) >= 11 is 1.10. The van der Waals surface area contributed by atoms with Crippen molar-refractivity contribution in [3.05, 3.63) is 10.6 Å². The van der Waals surface area contributed by atoms with E-state index in [0.717, 1.165) is 17.2 Å². The van der Waals surface area contributed by atoms with E-state index >= 15 is 0 Å². The molecule has 1 rings (SSSR count). The molecule has 2 N–H and O–H groups in total. The van der Waals surface area contributed by atoms with Gasteiger partial charge < -0.3 is 15.2 Å². The minimum absolute atomic E-state index is 0.00725. The lowest BCUT2D eigenvalue weighted by molar-refractivity contribution is 0.0840. The summed E-state index contributed by atoms with van der Waals surface area (Å²) in [5.74, 6) is -0.167. The summed E-state index contributed by atoms with van der Waals surface area (Å²) in [7, 11) is 0. The van der Waals surface area contributed by atoms with E-state index in [9.17, 15) is 4.79 Å². The number of rotatable bonds is 7. The summed E-state index contributed by atoms with van der Waals surface area (Å²) in [6, 6.07) is 0. The molecule has 90 valence electrons. The lowest BCUT2D eigenvalue weighted by Crippen LogP contribution is -2.27. The highest BCUT2D eigenvalue weighted by atomic mass is 32.1. The quantitative estimate of drug-likeness (QED) is 0.652. The maximum atomic E-state index is 11.6. The molecular formula is C9H15N3O3S. The van der Waals surface area contributed by atoms with Crippen LogP contribution in [0.1, 0.15) is 22.3 Å². The van der Waals surface area contributed by atoms with E-state index in [4.69, 9.17) is 9.84 Å². The Labute approximate surface area is 97.8 Å². The number of hydrogen-bond donors (Lipinski definition) is 2. The Bertz CT molecular complexity index is 330. The first-order chi connectivity index (χ1) is 7.79. The second-order valence-corrected chi connectivity index (χ2v) is 3.75. The van der Waals surface area contributed by atoms with E-state index in [0.29, 0.717) is 24.4 Å². The van der Waals surface area contributed by atoms with Gasteiger partial charge in [0.2, 0.25) is 0 Å². The molecule has 0 aliphatic rings. The number of aromatic nitrogens is 2. The summed E-state index contributed by atoms with van der Waals surface area (Å²) in [5, 5.41) is 15.0. The molecule has 0 radical (unpaired) electrons. The Morgan fingerprint density at radius 2 is 2.38 bits per heavy atom. The number of carbonyl (C=O) groups excluding carboxylic acids is 1. The zero-order valence-corrected chi connectivity index (χ0v) is 9.92. The predicted molar refractivity (Wildman–Crippen MR) is 59.5 cm³/mol. The van der Waals surface area contributed by atoms with Gasteiger partial charge in [0.15, 0.2) is 0 Å². The van der Waals surface area contributed by atoms with Crippen molar-refractivity contribution < 1.29 is 14.6 Å². The molecule has 1 aromatic heterocycles. The Hall–Kier alpha value is -1.05. The van der Waals surface area contributed by atoms with Gasteiger partial charge in [0, 0.05) is 6.54 Å². The average Bonchev–Trinajstić information content (AvgIpc) is 2.76. The smallest absolute Gasteiger partial charge is 0.265 e. The van der Waals surface area contributed by atoms with Crippen molar-refractivity contribution in [3.63, 3.8) is 0 Å². The Kier molecular flexibility index (Phi) is 5.91. The number of nitrogens with one attached hydrogen (secondary N) is 1. The fourth-order valence-electron chi connectivity index (χ4n) is 1.10. The van der Waals surface area contributed by atoms with Crippen LogP contribution in [0.2, 0.25) is 0 Å². The number of aliphatic hydroxyl groups excluding tert-OH is 1. The van der Waals surface area contributed by atoms with Gasteiger partial charge in [-0.2, -0.15) is 0 Å². The van der Waals surface area contributed by atoms with E-state index in [1.165, 1.54) is 0 Å². The van der Waals surface area contributed by atoms with Crippen LogP contribution in [0.25, 0.3) is 0 Å². The maximum Gasteiger partial charge on any atom is 0.265 e. The zero-order valence-electron chi connectivity index (χ0n) is 9.10. The van der Waals surface area contributed by atoms with Crippen molar-refractivity contribution in [2.24, 2.45) is 0 Å². The van der Waals surface area contributed by atoms with Crippen LogP contribution in [-0.4, -0.2) is 47.0 Å². The van der Waals surface area contributed by atoms with Crippen molar-refractivity contribution in [1.29, 1.82) is 0 Å². The van der Waals surface area contributed by atoms with Crippen LogP contribution < -0.4 is 5.32 Å². The Morgan fingerprint density at radius 1 is 1.56 bits per heavy atom. The van der Waals surface area contributed by atoms with Crippen molar-refractivity contribution >= 4 is 17.4 Å². The van der Waals surface area contributed by atoms with E-state index in [2.05, 4.69) is 14.9 Å². The number of nitrogens with zero attached hydrogens (tertiary/aromatic N) is 2. The molecule has 0 saturated carbocycles. The van der Waals surface area contributed by atoms with E-state index < -0.39 is 0 Å². The lowest BCUT2D eigenvalue weighted by Gasteiger charge is -2.04. The third-order valence-electron chi connectivity index (χ3n) is 1.86. The Balaban J connectivity index is 2.30. The molecule has 0 aliphatic carbocycles. The standard InChI is InChI=1S/C9H15N3O3S/c1-2-7-8(16-12-11-7)9(14)10-3-5-15-6-4-13/h13H,2-6H2,1H3,(H,10,14). The van der Waals surface area contributed by atoms with Gasteiger partial charge in [-0.15, -0.1) is 5.10 Å². The molecular weight excluding hydrogens is 230 g/mol. The molecule has 1 heterocycles. The first-order valence-corrected chi connectivity index (χ1v) is 5.85. The van der Waals surface area contributed by atoms with Crippen LogP contribution in [-0.2, 0) is 11.2 Å². The zero-order chi connectivity index (χ0) is 11.8. The number of hydrogen-bond acceptors (Lipinski definition) is 6. The molecule has 7 heteroatoms. The highest BCUT2D eigenvalue weighted by Crippen LogP contribution is 2.10. The SMILES string of the molecule is CCc1nnsc1C(=O)NCCOCCO. The van der Waals surface area contributed by atoms with Crippen LogP contribution in [0.5, 0.6) is 0 Å². The van der Waals surface area contributed by atoms with Crippen molar-refractivity contribution in [3.8, 4) is 0 Å². The molecule has 0 fully saturated rings. The van der Waals surface area contributed by atoms with Gasteiger partial charge in [-0.05, 0) is 18.0 Å². The minimum atomic E-state index is -0.167. The number of ether oxygens (including phenoxy) is 1. The van der Waals surface area contributed by atoms with Gasteiger partial charge in [-0.25, -0.2) is 0 Å². The van der Waals surface area contributed by atoms with Gasteiger partial charge in [0.1, 0.15) is 4.88 Å². The summed E-state index contributed by atoms with van der Waals surface area (Å²) in [6.45, 7) is 3.02. The third-order valence-corrected chi connectivity index (χ3v) is 2.63. The van der Waals surface area contributed by atoms with E-state index in [1.807, 2.05) is 6.92 Å². The van der Waals surface area contributed by atoms with Crippen LogP contribution >= 0.6 is 11.5 Å². The first kappa shape index (κ1) is 13.0. The molecule has 0 unspecified atom stereocenters. The molecule has 0 bridgehead atoms. The largest absolute Gasteiger partial charge is 0.394 e. The van der Waals surface area contributed by atoms with Crippen LogP contribution in [0.3, 0.4) is 0 Å². The molecule has 0 atom stereocenters. The third kappa shape index (κ3) is 3.84. The van der Waals surface area contributed by atoms with E-state index in [1.54, 1.807) is 0 Å². The molecule has 16 heavy (non-hydrogen) atoms. The molecule has 0 spiro atoms. The van der Waals surface area contributed by atoms with E-state index in [-0.39, 0.29) is 19.1 Å². The summed E-state index contributed by atoms with van der Waals surface area (Å²) < 4.78 is 8.75. The first-order valence-electron chi connectivity index (χ1n) is 5.07. The van der Waals surface area contributed by atoms with Crippen molar-refractivity contribution in [2.45, 2.75) is 13.3 Å². The highest BCUT2D eigenvalue weighted by Gasteiger charge is 2.13. The maximum absolute atomic E-state index is 11.6. The van der Waals surface area contributed by atoms with Crippen molar-refractivity contribution in [1.82, 2.24) is 14.9 Å². The van der Waals surface area contributed by atoms with Gasteiger partial charge in [0.05, 0.1) is 25.5 Å². The Morgan fingerprint density at radius 3 is 3.06 bits per heavy atom. The number of aliphatic hydroxyl groups is 1. The predicted octanol–water partition coefficient (Wildman–Crippen LogP) is -0.161. The highest BCUT2D eigenvalue weighted by molar-refractivity contribution is 7.08. The van der Waals surface area contributed by atoms with Crippen LogP contribution in [0, 0.1) is 0 Å². The average molecular weight is 245 g/mol. The monoisotopic (exact) mass is 245 g/mol. The normalized spacial score (nSPS) is 10.4. The summed E-state index contributed by atoms with van der Waals surface area (Å²) in [6.07, 6.45) is 0.695. The number of amides is 1. The number of aryl methyl sites for hydroxylation is 1. The fraction of sp³-hybridized carbons (Fsp3) is 0.667. The lowest BCUT2D eigenvalue weighted by atomic mass is 10.3. The molecule has 1 aromatic rings. The van der Waals surface area contributed by atoms with Gasteiger partial charge >= 0.3 is 0 Å². The summed E-state index contributed by atoms with van der Waals surface area (Å²) in [4.78, 5) is 12.2. The topological polar surface area (TPSA) is 84.3 Å². The van der Waals surface area contributed by atoms with Crippen LogP contribution in [0.4, 0.5) is 0 Å². The summed E-state index contributed by atoms with van der Waals surface area (Å²) in [5.41, 5.74) is 0.721. The molecule has 0 saturated heterocycles. The van der Waals surface area contributed by atoms with Crippen molar-refractivity contribution in [2.75, 3.05) is 26.4 Å². The van der Waals surface area contributed by atoms with Gasteiger partial charge in [-0.3, -0.25) is 4.79 Å². The second kappa shape index (κ2) is 7.26. The molecule has 1 amide bonds. The number of carbonyl (C=O) groups is 1. The second-order valence-electron chi connectivity index (χ2n) is 2.99. The van der Waals surface area contributed by atoms with Crippen LogP contribution in [0.15, 0.2) is 0 Å².